The van der Waals surface area contributed by atoms with Crippen molar-refractivity contribution in [3.8, 4) is 17.6 Å². The molecule has 3 aliphatic rings. The van der Waals surface area contributed by atoms with Gasteiger partial charge >= 0.3 is 0 Å². The highest BCUT2D eigenvalue weighted by atomic mass is 35.5. The molecule has 0 spiro atoms. The number of thioether (sulfide) groups is 2. The van der Waals surface area contributed by atoms with E-state index in [1.807, 2.05) is 0 Å². The summed E-state index contributed by atoms with van der Waals surface area (Å²) in [6.07, 6.45) is -0.123. The van der Waals surface area contributed by atoms with Crippen molar-refractivity contribution in [2.24, 2.45) is 5.41 Å². The van der Waals surface area contributed by atoms with Crippen molar-refractivity contribution in [1.82, 2.24) is 9.80 Å². The van der Waals surface area contributed by atoms with Gasteiger partial charge in [-0.15, -0.1) is 23.2 Å². The molecule has 186 valence electrons. The van der Waals surface area contributed by atoms with E-state index >= 15 is 0 Å². The maximum absolute atomic E-state index is 14.2. The molecule has 0 aliphatic carbocycles. The fourth-order valence-electron chi connectivity index (χ4n) is 4.86. The standard InChI is InChI=1S/C22H21Cl2N3O6S2/c1-20(10-25)9-22(35-16(29)8-24)19(31)26(3)21(2,34-15(28)7-23)18(30)27(22)17(20)12-4-5-13-14(6-12)33-11-32-13/h4-6,17H,7-9,11H2,1-3H3/t17?,20-,21+,22+/m1/s1. The smallest absolute Gasteiger partial charge is 0.261 e. The van der Waals surface area contributed by atoms with Crippen LogP contribution in [-0.4, -0.2) is 67.2 Å². The van der Waals surface area contributed by atoms with Crippen LogP contribution in [0.2, 0.25) is 0 Å². The molecule has 0 aromatic heterocycles. The summed E-state index contributed by atoms with van der Waals surface area (Å²) in [6, 6.07) is 6.37. The van der Waals surface area contributed by atoms with Crippen LogP contribution in [0.5, 0.6) is 11.5 Å². The summed E-state index contributed by atoms with van der Waals surface area (Å²) in [6.45, 7) is 3.13. The summed E-state index contributed by atoms with van der Waals surface area (Å²) >= 11 is 12.8. The molecule has 1 unspecified atom stereocenters. The van der Waals surface area contributed by atoms with E-state index in [9.17, 15) is 24.4 Å². The molecule has 2 fully saturated rings. The Labute approximate surface area is 220 Å². The zero-order valence-corrected chi connectivity index (χ0v) is 22.1. The Morgan fingerprint density at radius 3 is 2.37 bits per heavy atom. The third-order valence-corrected chi connectivity index (χ3v) is 9.78. The molecule has 1 aromatic rings. The van der Waals surface area contributed by atoms with Crippen LogP contribution in [0.25, 0.3) is 0 Å². The fourth-order valence-corrected chi connectivity index (χ4v) is 7.41. The lowest BCUT2D eigenvalue weighted by atomic mass is 9.79. The zero-order valence-electron chi connectivity index (χ0n) is 19.0. The van der Waals surface area contributed by atoms with Gasteiger partial charge < -0.3 is 19.3 Å². The van der Waals surface area contributed by atoms with E-state index in [0.29, 0.717) is 40.6 Å². The van der Waals surface area contributed by atoms with Gasteiger partial charge in [0.25, 0.3) is 11.8 Å². The first-order chi connectivity index (χ1) is 16.5. The Balaban J connectivity index is 1.94. The van der Waals surface area contributed by atoms with E-state index in [2.05, 4.69) is 6.07 Å². The van der Waals surface area contributed by atoms with E-state index in [1.165, 1.54) is 18.9 Å². The average molecular weight is 558 g/mol. The van der Waals surface area contributed by atoms with Gasteiger partial charge in [0.2, 0.25) is 17.0 Å². The second-order valence-corrected chi connectivity index (χ2v) is 12.1. The van der Waals surface area contributed by atoms with Crippen molar-refractivity contribution in [2.75, 3.05) is 25.6 Å². The lowest BCUT2D eigenvalue weighted by Crippen LogP contribution is -2.71. The van der Waals surface area contributed by atoms with Crippen LogP contribution < -0.4 is 9.47 Å². The summed E-state index contributed by atoms with van der Waals surface area (Å²) < 4.78 is 10.9. The Morgan fingerprint density at radius 1 is 1.11 bits per heavy atom. The predicted molar refractivity (Wildman–Crippen MR) is 131 cm³/mol. The highest BCUT2D eigenvalue weighted by molar-refractivity contribution is 8.16. The molecule has 4 rings (SSSR count). The maximum Gasteiger partial charge on any atom is 0.261 e. The molecule has 35 heavy (non-hydrogen) atoms. The third-order valence-electron chi connectivity index (χ3n) is 6.53. The molecule has 1 aromatic carbocycles. The largest absolute Gasteiger partial charge is 0.454 e. The number of ether oxygens (including phenoxy) is 2. The summed E-state index contributed by atoms with van der Waals surface area (Å²) in [5, 5.41) is 9.27. The third kappa shape index (κ3) is 3.86. The van der Waals surface area contributed by atoms with Crippen molar-refractivity contribution >= 4 is 68.8 Å². The van der Waals surface area contributed by atoms with Crippen molar-refractivity contribution in [3.63, 3.8) is 0 Å². The number of nitrogens with zero attached hydrogens (tertiary/aromatic N) is 3. The van der Waals surface area contributed by atoms with Gasteiger partial charge in [0.05, 0.1) is 29.3 Å². The summed E-state index contributed by atoms with van der Waals surface area (Å²) in [5.41, 5.74) is -0.743. The van der Waals surface area contributed by atoms with Crippen LogP contribution in [0.3, 0.4) is 0 Å². The summed E-state index contributed by atoms with van der Waals surface area (Å²) in [4.78, 5) is 52.2. The first kappa shape index (κ1) is 25.9. The Bertz CT molecular complexity index is 1180. The van der Waals surface area contributed by atoms with Crippen molar-refractivity contribution < 1.29 is 28.7 Å². The van der Waals surface area contributed by atoms with Crippen molar-refractivity contribution in [3.05, 3.63) is 23.8 Å². The lowest BCUT2D eigenvalue weighted by Gasteiger charge is -2.52. The zero-order chi connectivity index (χ0) is 25.8. The Kier molecular flexibility index (Phi) is 6.72. The van der Waals surface area contributed by atoms with Crippen LogP contribution in [-0.2, 0) is 19.2 Å². The van der Waals surface area contributed by atoms with E-state index in [1.54, 1.807) is 25.1 Å². The molecular weight excluding hydrogens is 537 g/mol. The van der Waals surface area contributed by atoms with Gasteiger partial charge in [-0.3, -0.25) is 19.2 Å². The fraction of sp³-hybridized carbons (Fsp3) is 0.500. The van der Waals surface area contributed by atoms with Crippen LogP contribution >= 0.6 is 46.7 Å². The quantitative estimate of drug-likeness (QED) is 0.503. The number of halogens is 2. The number of fused-ring (bicyclic) bond motifs is 2. The number of nitriles is 1. The van der Waals surface area contributed by atoms with Gasteiger partial charge in [-0.25, -0.2) is 0 Å². The molecule has 2 amide bonds. The molecule has 4 atom stereocenters. The van der Waals surface area contributed by atoms with Gasteiger partial charge in [0.1, 0.15) is 0 Å². The van der Waals surface area contributed by atoms with E-state index < -0.39 is 43.2 Å². The number of amides is 2. The number of carbonyl (C=O) groups is 4. The van der Waals surface area contributed by atoms with Crippen LogP contribution in [0.1, 0.15) is 31.9 Å². The number of piperazine rings is 1. The summed E-state index contributed by atoms with van der Waals surface area (Å²) in [7, 11) is 1.40. The highest BCUT2D eigenvalue weighted by Gasteiger charge is 2.71. The van der Waals surface area contributed by atoms with Crippen molar-refractivity contribution in [1.29, 1.82) is 5.26 Å². The first-order valence-electron chi connectivity index (χ1n) is 10.5. The number of likely N-dealkylation sites (N-methyl/N-ethyl adjacent to an activating group) is 1. The lowest BCUT2D eigenvalue weighted by molar-refractivity contribution is -0.163. The minimum absolute atomic E-state index is 0.0319. The Hall–Kier alpha value is -2.13. The van der Waals surface area contributed by atoms with E-state index in [0.717, 1.165) is 4.90 Å². The molecule has 13 heteroatoms. The van der Waals surface area contributed by atoms with E-state index in [-0.39, 0.29) is 25.0 Å². The molecule has 0 radical (unpaired) electrons. The van der Waals surface area contributed by atoms with Crippen LogP contribution in [0.4, 0.5) is 0 Å². The molecule has 0 N–H and O–H groups in total. The Morgan fingerprint density at radius 2 is 1.74 bits per heavy atom. The minimum atomic E-state index is -1.73. The van der Waals surface area contributed by atoms with Gasteiger partial charge in [0, 0.05) is 13.5 Å². The van der Waals surface area contributed by atoms with Crippen LogP contribution in [0.15, 0.2) is 18.2 Å². The van der Waals surface area contributed by atoms with Gasteiger partial charge in [-0.05, 0) is 55.1 Å². The number of hydrogen-bond donors (Lipinski definition) is 0. The second-order valence-electron chi connectivity index (χ2n) is 8.74. The predicted octanol–water partition coefficient (Wildman–Crippen LogP) is 3.10. The molecule has 9 nitrogen and oxygen atoms in total. The van der Waals surface area contributed by atoms with Gasteiger partial charge in [-0.2, -0.15) is 5.26 Å². The number of hydrogen-bond acceptors (Lipinski definition) is 9. The molecule has 2 saturated heterocycles. The molecule has 0 saturated carbocycles. The molecule has 3 aliphatic heterocycles. The van der Waals surface area contributed by atoms with Gasteiger partial charge in [0.15, 0.2) is 21.2 Å². The minimum Gasteiger partial charge on any atom is -0.454 e. The normalized spacial score (nSPS) is 31.4. The van der Waals surface area contributed by atoms with Crippen LogP contribution in [0, 0.1) is 16.7 Å². The topological polar surface area (TPSA) is 117 Å². The number of carbonyl (C=O) groups excluding carboxylic acids is 4. The van der Waals surface area contributed by atoms with Crippen molar-refractivity contribution in [2.45, 2.75) is 36.1 Å². The molecule has 0 bridgehead atoms. The monoisotopic (exact) mass is 557 g/mol. The summed E-state index contributed by atoms with van der Waals surface area (Å²) in [5.74, 6) is -0.978. The number of alkyl halides is 2. The number of rotatable bonds is 5. The average Bonchev–Trinajstić information content (AvgIpc) is 3.41. The highest BCUT2D eigenvalue weighted by Crippen LogP contribution is 2.62. The second kappa shape index (κ2) is 9.07. The molecular formula is C22H21Cl2N3O6S2. The van der Waals surface area contributed by atoms with E-state index in [4.69, 9.17) is 32.7 Å². The molecule has 3 heterocycles. The van der Waals surface area contributed by atoms with Gasteiger partial charge in [-0.1, -0.05) is 6.07 Å². The number of benzene rings is 1. The first-order valence-corrected chi connectivity index (χ1v) is 13.2. The maximum atomic E-state index is 14.2. The SMILES string of the molecule is CN1C(=O)[C@@]2(SC(=O)CCl)C[C@](C)(C#N)C(c3ccc4c(c3)OCO4)N2C(=O)[C@]1(C)SC(=O)CCl.